The van der Waals surface area contributed by atoms with E-state index in [1.807, 2.05) is 18.2 Å². The van der Waals surface area contributed by atoms with Crippen LogP contribution in [0.25, 0.3) is 21.6 Å². The maximum absolute atomic E-state index is 12.9. The molecule has 1 aromatic heterocycles. The highest BCUT2D eigenvalue weighted by Gasteiger charge is 2.05. The van der Waals surface area contributed by atoms with Gasteiger partial charge in [-0.25, -0.2) is 9.37 Å². The molecule has 3 rings (SSSR count). The Balaban J connectivity index is 2.02. The van der Waals surface area contributed by atoms with Crippen molar-refractivity contribution in [2.75, 3.05) is 0 Å². The van der Waals surface area contributed by atoms with Gasteiger partial charge in [0.1, 0.15) is 5.82 Å². The Morgan fingerprint density at radius 3 is 2.37 bits per heavy atom. The first kappa shape index (κ1) is 12.3. The van der Waals surface area contributed by atoms with Crippen LogP contribution < -0.4 is 0 Å². The minimum absolute atomic E-state index is 0.228. The Hall–Kier alpha value is -1.71. The molecule has 0 amide bonds. The maximum Gasteiger partial charge on any atom is 0.184 e. The first-order chi connectivity index (χ1) is 9.22. The van der Waals surface area contributed by atoms with E-state index in [-0.39, 0.29) is 5.82 Å². The average molecular weight is 290 g/mol. The molecule has 1 nitrogen and oxygen atoms in total. The lowest BCUT2D eigenvalue weighted by molar-refractivity contribution is 0.628. The van der Waals surface area contributed by atoms with Crippen LogP contribution in [-0.4, -0.2) is 4.98 Å². The SMILES string of the molecule is Fc1ccc(-c2cccc(-c3cnc(Cl)s3)c2)cc1. The molecule has 2 aromatic carbocycles. The molecule has 3 aromatic rings. The van der Waals surface area contributed by atoms with E-state index in [4.69, 9.17) is 11.6 Å². The van der Waals surface area contributed by atoms with Gasteiger partial charge in [0.25, 0.3) is 0 Å². The third-order valence-corrected chi connectivity index (χ3v) is 3.97. The van der Waals surface area contributed by atoms with Crippen molar-refractivity contribution in [1.29, 1.82) is 0 Å². The minimum Gasteiger partial charge on any atom is -0.233 e. The predicted octanol–water partition coefficient (Wildman–Crippen LogP) is 5.27. The van der Waals surface area contributed by atoms with E-state index in [9.17, 15) is 4.39 Å². The van der Waals surface area contributed by atoms with Crippen molar-refractivity contribution in [3.63, 3.8) is 0 Å². The Kier molecular flexibility index (Phi) is 3.32. The Bertz CT molecular complexity index is 706. The number of rotatable bonds is 2. The highest BCUT2D eigenvalue weighted by Crippen LogP contribution is 2.31. The normalized spacial score (nSPS) is 10.6. The van der Waals surface area contributed by atoms with Crippen LogP contribution in [0.2, 0.25) is 4.47 Å². The second-order valence-corrected chi connectivity index (χ2v) is 5.68. The van der Waals surface area contributed by atoms with Gasteiger partial charge in [-0.1, -0.05) is 41.9 Å². The summed E-state index contributed by atoms with van der Waals surface area (Å²) >= 11 is 7.29. The van der Waals surface area contributed by atoms with Crippen molar-refractivity contribution >= 4 is 22.9 Å². The summed E-state index contributed by atoms with van der Waals surface area (Å²) in [7, 11) is 0. The van der Waals surface area contributed by atoms with Crippen molar-refractivity contribution in [2.45, 2.75) is 0 Å². The lowest BCUT2D eigenvalue weighted by Gasteiger charge is -2.04. The van der Waals surface area contributed by atoms with E-state index < -0.39 is 0 Å². The Labute approximate surface area is 119 Å². The molecule has 0 fully saturated rings. The second kappa shape index (κ2) is 5.11. The van der Waals surface area contributed by atoms with Crippen LogP contribution >= 0.6 is 22.9 Å². The lowest BCUT2D eigenvalue weighted by atomic mass is 10.0. The summed E-state index contributed by atoms with van der Waals surface area (Å²) in [5.41, 5.74) is 3.09. The van der Waals surface area contributed by atoms with Crippen LogP contribution in [0.5, 0.6) is 0 Å². The van der Waals surface area contributed by atoms with Gasteiger partial charge in [-0.05, 0) is 34.9 Å². The van der Waals surface area contributed by atoms with Gasteiger partial charge in [0, 0.05) is 6.20 Å². The Morgan fingerprint density at radius 2 is 1.68 bits per heavy atom. The molecule has 19 heavy (non-hydrogen) atoms. The fourth-order valence-corrected chi connectivity index (χ4v) is 2.82. The van der Waals surface area contributed by atoms with Crippen molar-refractivity contribution in [2.24, 2.45) is 0 Å². The zero-order valence-corrected chi connectivity index (χ0v) is 11.4. The number of hydrogen-bond acceptors (Lipinski definition) is 2. The highest BCUT2D eigenvalue weighted by atomic mass is 35.5. The fourth-order valence-electron chi connectivity index (χ4n) is 1.88. The number of benzene rings is 2. The monoisotopic (exact) mass is 289 g/mol. The Morgan fingerprint density at radius 1 is 0.947 bits per heavy atom. The van der Waals surface area contributed by atoms with E-state index in [0.717, 1.165) is 21.6 Å². The number of thiazole rings is 1. The van der Waals surface area contributed by atoms with E-state index in [1.54, 1.807) is 18.3 Å². The van der Waals surface area contributed by atoms with Crippen LogP contribution in [0.1, 0.15) is 0 Å². The summed E-state index contributed by atoms with van der Waals surface area (Å²) in [6.07, 6.45) is 1.76. The van der Waals surface area contributed by atoms with Gasteiger partial charge in [-0.3, -0.25) is 0 Å². The van der Waals surface area contributed by atoms with Crippen LogP contribution in [0.4, 0.5) is 4.39 Å². The molecule has 0 aliphatic carbocycles. The fraction of sp³-hybridized carbons (Fsp3) is 0. The molecule has 0 radical (unpaired) electrons. The van der Waals surface area contributed by atoms with Crippen molar-refractivity contribution in [3.05, 3.63) is 65.0 Å². The smallest absolute Gasteiger partial charge is 0.184 e. The second-order valence-electron chi connectivity index (χ2n) is 4.07. The van der Waals surface area contributed by atoms with Gasteiger partial charge in [-0.2, -0.15) is 0 Å². The van der Waals surface area contributed by atoms with Crippen LogP contribution in [0, 0.1) is 5.82 Å². The third-order valence-electron chi connectivity index (χ3n) is 2.80. The van der Waals surface area contributed by atoms with Gasteiger partial charge in [0.2, 0.25) is 0 Å². The average Bonchev–Trinajstić information content (AvgIpc) is 2.86. The van der Waals surface area contributed by atoms with Gasteiger partial charge < -0.3 is 0 Å². The predicted molar refractivity (Wildman–Crippen MR) is 78.0 cm³/mol. The standard InChI is InChI=1S/C15H9ClFNS/c16-15-18-9-14(19-15)12-3-1-2-11(8-12)10-4-6-13(17)7-5-10/h1-9H. The molecular weight excluding hydrogens is 281 g/mol. The van der Waals surface area contributed by atoms with E-state index >= 15 is 0 Å². The van der Waals surface area contributed by atoms with Gasteiger partial charge in [0.15, 0.2) is 4.47 Å². The molecule has 0 bridgehead atoms. The minimum atomic E-state index is -0.228. The van der Waals surface area contributed by atoms with Gasteiger partial charge in [-0.15, -0.1) is 11.3 Å². The van der Waals surface area contributed by atoms with Crippen molar-refractivity contribution < 1.29 is 4.39 Å². The van der Waals surface area contributed by atoms with Crippen molar-refractivity contribution in [3.8, 4) is 21.6 Å². The van der Waals surface area contributed by atoms with E-state index in [1.165, 1.54) is 23.5 Å². The van der Waals surface area contributed by atoms with Gasteiger partial charge >= 0.3 is 0 Å². The van der Waals surface area contributed by atoms with Gasteiger partial charge in [0.05, 0.1) is 4.88 Å². The number of halogens is 2. The summed E-state index contributed by atoms with van der Waals surface area (Å²) in [6.45, 7) is 0. The molecule has 0 aliphatic rings. The molecular formula is C15H9ClFNS. The van der Waals surface area contributed by atoms with Crippen LogP contribution in [0.3, 0.4) is 0 Å². The molecule has 4 heteroatoms. The number of aromatic nitrogens is 1. The third kappa shape index (κ3) is 2.67. The molecule has 94 valence electrons. The topological polar surface area (TPSA) is 12.9 Å². The van der Waals surface area contributed by atoms with Crippen LogP contribution in [-0.2, 0) is 0 Å². The number of hydrogen-bond donors (Lipinski definition) is 0. The summed E-state index contributed by atoms with van der Waals surface area (Å²) < 4.78 is 13.5. The molecule has 0 N–H and O–H groups in total. The zero-order valence-electron chi connectivity index (χ0n) is 9.81. The summed E-state index contributed by atoms with van der Waals surface area (Å²) in [5.74, 6) is -0.228. The molecule has 0 saturated heterocycles. The van der Waals surface area contributed by atoms with Crippen molar-refractivity contribution in [1.82, 2.24) is 4.98 Å². The summed E-state index contributed by atoms with van der Waals surface area (Å²) in [6, 6.07) is 14.5. The first-order valence-corrected chi connectivity index (χ1v) is 6.89. The van der Waals surface area contributed by atoms with E-state index in [0.29, 0.717) is 4.47 Å². The zero-order chi connectivity index (χ0) is 13.2. The molecule has 0 spiro atoms. The first-order valence-electron chi connectivity index (χ1n) is 5.70. The van der Waals surface area contributed by atoms with Crippen LogP contribution in [0.15, 0.2) is 54.7 Å². The quantitative estimate of drug-likeness (QED) is 0.626. The number of nitrogens with zero attached hydrogens (tertiary/aromatic N) is 1. The molecule has 0 unspecified atom stereocenters. The molecule has 0 saturated carbocycles. The van der Waals surface area contributed by atoms with E-state index in [2.05, 4.69) is 11.1 Å². The molecule has 1 heterocycles. The molecule has 0 atom stereocenters. The largest absolute Gasteiger partial charge is 0.233 e. The summed E-state index contributed by atoms with van der Waals surface area (Å²) in [4.78, 5) is 5.06. The summed E-state index contributed by atoms with van der Waals surface area (Å²) in [5, 5.41) is 0. The highest BCUT2D eigenvalue weighted by molar-refractivity contribution is 7.18. The maximum atomic E-state index is 12.9. The lowest BCUT2D eigenvalue weighted by Crippen LogP contribution is -1.80. The molecule has 0 aliphatic heterocycles.